The molecule has 2 aromatic rings. The van der Waals surface area contributed by atoms with E-state index in [-0.39, 0.29) is 12.3 Å². The third kappa shape index (κ3) is 5.83. The van der Waals surface area contributed by atoms with Crippen LogP contribution < -0.4 is 10.2 Å². The first-order valence-corrected chi connectivity index (χ1v) is 8.30. The Labute approximate surface area is 140 Å². The molecular weight excluding hydrogens is 310 g/mol. The SMILES string of the molecule is COc1ccc(CC/C(C)=N\NC(=O)Cc2nc(C)cs2)cc1. The van der Waals surface area contributed by atoms with Crippen LogP contribution in [0.25, 0.3) is 0 Å². The number of thiazole rings is 1. The number of rotatable bonds is 7. The molecule has 0 saturated heterocycles. The van der Waals surface area contributed by atoms with Crippen molar-refractivity contribution in [2.75, 3.05) is 7.11 Å². The molecule has 5 nitrogen and oxygen atoms in total. The summed E-state index contributed by atoms with van der Waals surface area (Å²) in [5.41, 5.74) is 5.64. The number of hydrogen-bond donors (Lipinski definition) is 1. The molecular formula is C17H21N3O2S. The van der Waals surface area contributed by atoms with Crippen molar-refractivity contribution < 1.29 is 9.53 Å². The second-order valence-electron chi connectivity index (χ2n) is 5.29. The zero-order chi connectivity index (χ0) is 16.7. The Morgan fingerprint density at radius 3 is 2.70 bits per heavy atom. The van der Waals surface area contributed by atoms with Gasteiger partial charge in [0.2, 0.25) is 5.91 Å². The summed E-state index contributed by atoms with van der Waals surface area (Å²) in [6.07, 6.45) is 1.94. The van der Waals surface area contributed by atoms with Crippen LogP contribution >= 0.6 is 11.3 Å². The Balaban J connectivity index is 1.76. The first-order valence-electron chi connectivity index (χ1n) is 7.43. The van der Waals surface area contributed by atoms with E-state index in [4.69, 9.17) is 4.74 Å². The molecule has 6 heteroatoms. The Morgan fingerprint density at radius 2 is 2.09 bits per heavy atom. The van der Waals surface area contributed by atoms with E-state index in [1.54, 1.807) is 7.11 Å². The fourth-order valence-corrected chi connectivity index (χ4v) is 2.76. The minimum Gasteiger partial charge on any atom is -0.497 e. The number of hydrogen-bond acceptors (Lipinski definition) is 5. The monoisotopic (exact) mass is 331 g/mol. The number of carbonyl (C=O) groups excluding carboxylic acids is 1. The van der Waals surface area contributed by atoms with Gasteiger partial charge in [0.15, 0.2) is 0 Å². The van der Waals surface area contributed by atoms with E-state index < -0.39 is 0 Å². The summed E-state index contributed by atoms with van der Waals surface area (Å²) in [6, 6.07) is 7.96. The maximum absolute atomic E-state index is 11.8. The van der Waals surface area contributed by atoms with Gasteiger partial charge in [0.05, 0.1) is 13.5 Å². The lowest BCUT2D eigenvalue weighted by molar-refractivity contribution is -0.120. The van der Waals surface area contributed by atoms with Crippen LogP contribution in [0.15, 0.2) is 34.7 Å². The van der Waals surface area contributed by atoms with Crippen LogP contribution in [0.3, 0.4) is 0 Å². The average molecular weight is 331 g/mol. The topological polar surface area (TPSA) is 63.6 Å². The molecule has 0 unspecified atom stereocenters. The fraction of sp³-hybridized carbons (Fsp3) is 0.353. The summed E-state index contributed by atoms with van der Waals surface area (Å²) in [5.74, 6) is 0.715. The summed E-state index contributed by atoms with van der Waals surface area (Å²) in [6.45, 7) is 3.83. The lowest BCUT2D eigenvalue weighted by Gasteiger charge is -2.04. The number of benzene rings is 1. The molecule has 0 aliphatic heterocycles. The maximum Gasteiger partial charge on any atom is 0.246 e. The highest BCUT2D eigenvalue weighted by Crippen LogP contribution is 2.13. The molecule has 0 fully saturated rings. The number of aromatic nitrogens is 1. The summed E-state index contributed by atoms with van der Waals surface area (Å²) in [7, 11) is 1.65. The first-order chi connectivity index (χ1) is 11.1. The highest BCUT2D eigenvalue weighted by Gasteiger charge is 2.06. The molecule has 0 spiro atoms. The van der Waals surface area contributed by atoms with Crippen LogP contribution in [0.5, 0.6) is 5.75 Å². The third-order valence-electron chi connectivity index (χ3n) is 3.28. The number of ether oxygens (including phenoxy) is 1. The van der Waals surface area contributed by atoms with Crippen LogP contribution in [0.4, 0.5) is 0 Å². The Kier molecular flexibility index (Phi) is 6.29. The molecule has 1 aromatic heterocycles. The van der Waals surface area contributed by atoms with Gasteiger partial charge >= 0.3 is 0 Å². The van der Waals surface area contributed by atoms with Gasteiger partial charge in [0.1, 0.15) is 10.8 Å². The van der Waals surface area contributed by atoms with Crippen LogP contribution in [-0.4, -0.2) is 23.7 Å². The summed E-state index contributed by atoms with van der Waals surface area (Å²) < 4.78 is 5.13. The van der Waals surface area contributed by atoms with Crippen LogP contribution in [0.1, 0.15) is 29.6 Å². The molecule has 0 radical (unpaired) electrons. The lowest BCUT2D eigenvalue weighted by atomic mass is 10.1. The minimum atomic E-state index is -0.136. The molecule has 1 amide bonds. The third-order valence-corrected chi connectivity index (χ3v) is 4.25. The number of hydrazone groups is 1. The molecule has 1 heterocycles. The van der Waals surface area contributed by atoms with Crippen molar-refractivity contribution in [2.45, 2.75) is 33.1 Å². The van der Waals surface area contributed by atoms with E-state index >= 15 is 0 Å². The first kappa shape index (κ1) is 17.1. The van der Waals surface area contributed by atoms with Crippen molar-refractivity contribution in [1.82, 2.24) is 10.4 Å². The van der Waals surface area contributed by atoms with Crippen molar-refractivity contribution >= 4 is 23.0 Å². The second-order valence-corrected chi connectivity index (χ2v) is 6.23. The van der Waals surface area contributed by atoms with Crippen molar-refractivity contribution in [3.8, 4) is 5.75 Å². The van der Waals surface area contributed by atoms with Crippen LogP contribution in [-0.2, 0) is 17.6 Å². The van der Waals surface area contributed by atoms with E-state index in [1.165, 1.54) is 16.9 Å². The van der Waals surface area contributed by atoms with Gasteiger partial charge in [-0.15, -0.1) is 11.3 Å². The van der Waals surface area contributed by atoms with Crippen molar-refractivity contribution in [3.05, 3.63) is 45.9 Å². The summed E-state index contributed by atoms with van der Waals surface area (Å²) >= 11 is 1.49. The van der Waals surface area contributed by atoms with E-state index in [1.807, 2.05) is 43.5 Å². The fourth-order valence-electron chi connectivity index (χ4n) is 1.99. The predicted molar refractivity (Wildman–Crippen MR) is 93.1 cm³/mol. The van der Waals surface area contributed by atoms with E-state index in [0.29, 0.717) is 0 Å². The standard InChI is InChI=1S/C17H21N3O2S/c1-12(4-5-14-6-8-15(22-3)9-7-14)19-20-16(21)10-17-18-13(2)11-23-17/h6-9,11H,4-5,10H2,1-3H3,(H,20,21)/b19-12-. The number of nitrogens with zero attached hydrogens (tertiary/aromatic N) is 2. The number of nitrogens with one attached hydrogen (secondary N) is 1. The molecule has 0 aliphatic carbocycles. The quantitative estimate of drug-likeness (QED) is 0.626. The molecule has 1 aromatic carbocycles. The van der Waals surface area contributed by atoms with Crippen LogP contribution in [0.2, 0.25) is 0 Å². The van der Waals surface area contributed by atoms with E-state index in [9.17, 15) is 4.79 Å². The smallest absolute Gasteiger partial charge is 0.246 e. The molecule has 0 atom stereocenters. The number of aryl methyl sites for hydroxylation is 2. The second kappa shape index (κ2) is 8.43. The number of carbonyl (C=O) groups is 1. The number of amides is 1. The van der Waals surface area contributed by atoms with Gasteiger partial charge in [-0.05, 0) is 44.4 Å². The van der Waals surface area contributed by atoms with Gasteiger partial charge in [-0.25, -0.2) is 10.4 Å². The van der Waals surface area contributed by atoms with E-state index in [2.05, 4.69) is 15.5 Å². The van der Waals surface area contributed by atoms with Gasteiger partial charge in [0, 0.05) is 16.8 Å². The highest BCUT2D eigenvalue weighted by atomic mass is 32.1. The van der Waals surface area contributed by atoms with Gasteiger partial charge in [-0.1, -0.05) is 12.1 Å². The maximum atomic E-state index is 11.8. The zero-order valence-corrected chi connectivity index (χ0v) is 14.4. The Hall–Kier alpha value is -2.21. The lowest BCUT2D eigenvalue weighted by Crippen LogP contribution is -2.21. The summed E-state index contributed by atoms with van der Waals surface area (Å²) in [5, 5.41) is 6.89. The van der Waals surface area contributed by atoms with Gasteiger partial charge in [-0.2, -0.15) is 5.10 Å². The van der Waals surface area contributed by atoms with Crippen molar-refractivity contribution in [2.24, 2.45) is 5.10 Å². The predicted octanol–water partition coefficient (Wildman–Crippen LogP) is 3.13. The molecule has 2 rings (SSSR count). The zero-order valence-electron chi connectivity index (χ0n) is 13.6. The molecule has 0 saturated carbocycles. The molecule has 0 aliphatic rings. The van der Waals surface area contributed by atoms with Crippen molar-refractivity contribution in [1.29, 1.82) is 0 Å². The summed E-state index contributed by atoms with van der Waals surface area (Å²) in [4.78, 5) is 16.1. The molecule has 23 heavy (non-hydrogen) atoms. The van der Waals surface area contributed by atoms with Crippen molar-refractivity contribution in [3.63, 3.8) is 0 Å². The average Bonchev–Trinajstić information content (AvgIpc) is 2.96. The van der Waals surface area contributed by atoms with Gasteiger partial charge in [0.25, 0.3) is 0 Å². The Morgan fingerprint density at radius 1 is 1.35 bits per heavy atom. The molecule has 122 valence electrons. The normalized spacial score (nSPS) is 11.3. The minimum absolute atomic E-state index is 0.136. The van der Waals surface area contributed by atoms with E-state index in [0.717, 1.165) is 35.0 Å². The largest absolute Gasteiger partial charge is 0.497 e. The Bertz CT molecular complexity index is 677. The highest BCUT2D eigenvalue weighted by molar-refractivity contribution is 7.09. The van der Waals surface area contributed by atoms with Gasteiger partial charge in [-0.3, -0.25) is 4.79 Å². The molecule has 0 bridgehead atoms. The molecule has 1 N–H and O–H groups in total. The van der Waals surface area contributed by atoms with Gasteiger partial charge < -0.3 is 4.74 Å². The van der Waals surface area contributed by atoms with Crippen LogP contribution in [0, 0.1) is 6.92 Å². The number of methoxy groups -OCH3 is 1.